The van der Waals surface area contributed by atoms with Crippen molar-refractivity contribution in [2.45, 2.75) is 32.4 Å². The highest BCUT2D eigenvalue weighted by Crippen LogP contribution is 2.12. The molecule has 0 amide bonds. The zero-order chi connectivity index (χ0) is 9.84. The van der Waals surface area contributed by atoms with Crippen LogP contribution in [0.5, 0.6) is 0 Å². The topological polar surface area (TPSA) is 38.0 Å². The summed E-state index contributed by atoms with van der Waals surface area (Å²) in [7, 11) is 0. The van der Waals surface area contributed by atoms with E-state index >= 15 is 0 Å². The van der Waals surface area contributed by atoms with Crippen LogP contribution in [0.15, 0.2) is 12.4 Å². The Balaban J connectivity index is 2.70. The van der Waals surface area contributed by atoms with Crippen molar-refractivity contribution in [1.82, 2.24) is 9.55 Å². The van der Waals surface area contributed by atoms with Gasteiger partial charge in [-0.15, -0.1) is 0 Å². The lowest BCUT2D eigenvalue weighted by Crippen LogP contribution is -2.18. The zero-order valence-corrected chi connectivity index (χ0v) is 9.53. The molecule has 0 spiro atoms. The van der Waals surface area contributed by atoms with E-state index < -0.39 is 0 Å². The van der Waals surface area contributed by atoms with Crippen LogP contribution in [0.3, 0.4) is 0 Å². The van der Waals surface area contributed by atoms with Crippen molar-refractivity contribution in [1.29, 1.82) is 0 Å². The number of halogens is 1. The molecule has 0 aliphatic rings. The highest BCUT2D eigenvalue weighted by atomic mass is 79.9. The maximum atomic E-state index is 9.44. The molecule has 1 aromatic rings. The van der Waals surface area contributed by atoms with Crippen LogP contribution in [0, 0.1) is 0 Å². The van der Waals surface area contributed by atoms with E-state index in [1.165, 1.54) is 0 Å². The molecule has 0 saturated heterocycles. The summed E-state index contributed by atoms with van der Waals surface area (Å²) in [5.41, 5.74) is 0. The van der Waals surface area contributed by atoms with Gasteiger partial charge in [-0.05, 0) is 0 Å². The third kappa shape index (κ3) is 2.81. The van der Waals surface area contributed by atoms with Gasteiger partial charge in [-0.2, -0.15) is 0 Å². The average Bonchev–Trinajstić information content (AvgIpc) is 2.52. The number of rotatable bonds is 4. The molecular formula is C9H15BrN2O. The zero-order valence-electron chi connectivity index (χ0n) is 7.94. The van der Waals surface area contributed by atoms with Crippen molar-refractivity contribution < 1.29 is 5.11 Å². The molecule has 0 aliphatic heterocycles. The van der Waals surface area contributed by atoms with Gasteiger partial charge in [0.05, 0.1) is 12.6 Å². The van der Waals surface area contributed by atoms with Crippen molar-refractivity contribution >= 4 is 15.9 Å². The summed E-state index contributed by atoms with van der Waals surface area (Å²) in [6.07, 6.45) is 3.34. The van der Waals surface area contributed by atoms with Gasteiger partial charge in [-0.25, -0.2) is 4.98 Å². The van der Waals surface area contributed by atoms with Crippen LogP contribution in [0.25, 0.3) is 0 Å². The van der Waals surface area contributed by atoms with E-state index in [9.17, 15) is 5.11 Å². The summed E-state index contributed by atoms with van der Waals surface area (Å²) in [6, 6.07) is 0. The predicted molar refractivity (Wildman–Crippen MR) is 56.1 cm³/mol. The molecule has 1 aromatic heterocycles. The minimum absolute atomic E-state index is 0.341. The summed E-state index contributed by atoms with van der Waals surface area (Å²) in [5.74, 6) is 1.43. The van der Waals surface area contributed by atoms with Crippen molar-refractivity contribution in [3.05, 3.63) is 18.2 Å². The Morgan fingerprint density at radius 2 is 2.31 bits per heavy atom. The second-order valence-corrected chi connectivity index (χ2v) is 4.05. The van der Waals surface area contributed by atoms with E-state index in [0.29, 0.717) is 17.8 Å². The Morgan fingerprint density at radius 3 is 2.85 bits per heavy atom. The first kappa shape index (κ1) is 10.7. The van der Waals surface area contributed by atoms with E-state index in [-0.39, 0.29) is 6.10 Å². The Hall–Kier alpha value is -0.350. The fraction of sp³-hybridized carbons (Fsp3) is 0.667. The predicted octanol–water partition coefficient (Wildman–Crippen LogP) is 1.76. The van der Waals surface area contributed by atoms with Gasteiger partial charge < -0.3 is 9.67 Å². The summed E-state index contributed by atoms with van der Waals surface area (Å²) in [6.45, 7) is 4.80. The molecule has 4 heteroatoms. The first-order chi connectivity index (χ1) is 6.15. The number of alkyl halides is 1. The third-order valence-electron chi connectivity index (χ3n) is 1.85. The number of hydrogen-bond acceptors (Lipinski definition) is 2. The summed E-state index contributed by atoms with van der Waals surface area (Å²) in [5, 5.41) is 10.0. The van der Waals surface area contributed by atoms with Crippen molar-refractivity contribution in [3.63, 3.8) is 0 Å². The fourth-order valence-corrected chi connectivity index (χ4v) is 1.46. The van der Waals surface area contributed by atoms with Gasteiger partial charge in [-0.1, -0.05) is 29.8 Å². The lowest BCUT2D eigenvalue weighted by Gasteiger charge is -2.12. The van der Waals surface area contributed by atoms with Crippen LogP contribution in [0.4, 0.5) is 0 Å². The molecule has 13 heavy (non-hydrogen) atoms. The largest absolute Gasteiger partial charge is 0.390 e. The second kappa shape index (κ2) is 4.77. The van der Waals surface area contributed by atoms with Crippen LogP contribution in [0.2, 0.25) is 0 Å². The molecule has 1 atom stereocenters. The van der Waals surface area contributed by atoms with Gasteiger partial charge >= 0.3 is 0 Å². The van der Waals surface area contributed by atoms with Crippen LogP contribution in [-0.2, 0) is 6.54 Å². The Morgan fingerprint density at radius 1 is 1.62 bits per heavy atom. The minimum atomic E-state index is -0.341. The molecule has 3 nitrogen and oxygen atoms in total. The first-order valence-corrected chi connectivity index (χ1v) is 5.52. The lowest BCUT2D eigenvalue weighted by atomic mass is 10.2. The molecule has 1 heterocycles. The quantitative estimate of drug-likeness (QED) is 0.823. The molecule has 0 bridgehead atoms. The lowest BCUT2D eigenvalue weighted by molar-refractivity contribution is 0.177. The Bertz CT molecular complexity index is 260. The highest BCUT2D eigenvalue weighted by molar-refractivity contribution is 9.09. The van der Waals surface area contributed by atoms with Gasteiger partial charge in [0.2, 0.25) is 0 Å². The van der Waals surface area contributed by atoms with Crippen LogP contribution in [-0.4, -0.2) is 26.1 Å². The molecule has 1 N–H and O–H groups in total. The summed E-state index contributed by atoms with van der Waals surface area (Å²) in [4.78, 5) is 4.24. The van der Waals surface area contributed by atoms with Crippen molar-refractivity contribution in [3.8, 4) is 0 Å². The molecule has 0 fully saturated rings. The Kier molecular flexibility index (Phi) is 3.93. The minimum Gasteiger partial charge on any atom is -0.390 e. The van der Waals surface area contributed by atoms with E-state index in [2.05, 4.69) is 34.8 Å². The number of aliphatic hydroxyl groups is 1. The van der Waals surface area contributed by atoms with Gasteiger partial charge in [0.15, 0.2) is 0 Å². The molecule has 1 unspecified atom stereocenters. The van der Waals surface area contributed by atoms with Gasteiger partial charge in [-0.3, -0.25) is 0 Å². The second-order valence-electron chi connectivity index (χ2n) is 3.40. The SMILES string of the molecule is CC(C)c1nccn1CC(O)CBr. The normalized spacial score (nSPS) is 13.6. The van der Waals surface area contributed by atoms with Gasteiger partial charge in [0, 0.05) is 23.6 Å². The fourth-order valence-electron chi connectivity index (χ4n) is 1.25. The Labute approximate surface area is 86.9 Å². The number of aromatic nitrogens is 2. The van der Waals surface area contributed by atoms with Gasteiger partial charge in [0.25, 0.3) is 0 Å². The van der Waals surface area contributed by atoms with E-state index in [0.717, 1.165) is 5.82 Å². The molecule has 74 valence electrons. The number of nitrogens with zero attached hydrogens (tertiary/aromatic N) is 2. The smallest absolute Gasteiger partial charge is 0.111 e. The molecular weight excluding hydrogens is 232 g/mol. The third-order valence-corrected chi connectivity index (χ3v) is 2.60. The van der Waals surface area contributed by atoms with Crippen LogP contribution >= 0.6 is 15.9 Å². The molecule has 0 radical (unpaired) electrons. The first-order valence-electron chi connectivity index (χ1n) is 4.40. The highest BCUT2D eigenvalue weighted by Gasteiger charge is 2.09. The van der Waals surface area contributed by atoms with Crippen molar-refractivity contribution in [2.75, 3.05) is 5.33 Å². The number of hydrogen-bond donors (Lipinski definition) is 1. The maximum absolute atomic E-state index is 9.44. The van der Waals surface area contributed by atoms with Crippen LogP contribution < -0.4 is 0 Å². The van der Waals surface area contributed by atoms with E-state index in [1.54, 1.807) is 6.20 Å². The van der Waals surface area contributed by atoms with Crippen LogP contribution in [0.1, 0.15) is 25.6 Å². The molecule has 0 saturated carbocycles. The van der Waals surface area contributed by atoms with Crippen molar-refractivity contribution in [2.24, 2.45) is 0 Å². The van der Waals surface area contributed by atoms with E-state index in [4.69, 9.17) is 0 Å². The monoisotopic (exact) mass is 246 g/mol. The van der Waals surface area contributed by atoms with Gasteiger partial charge in [0.1, 0.15) is 5.82 Å². The maximum Gasteiger partial charge on any atom is 0.111 e. The molecule has 1 rings (SSSR count). The number of aliphatic hydroxyl groups excluding tert-OH is 1. The summed E-state index contributed by atoms with van der Waals surface area (Å²) >= 11 is 3.24. The molecule has 0 aromatic carbocycles. The summed E-state index contributed by atoms with van der Waals surface area (Å²) < 4.78 is 2.00. The number of imidazole rings is 1. The van der Waals surface area contributed by atoms with E-state index in [1.807, 2.05) is 10.8 Å². The molecule has 0 aliphatic carbocycles. The standard InChI is InChI=1S/C9H15BrN2O/c1-7(2)9-11-3-4-12(9)6-8(13)5-10/h3-4,7-8,13H,5-6H2,1-2H3. The average molecular weight is 247 g/mol.